The Morgan fingerprint density at radius 3 is 2.65 bits per heavy atom. The summed E-state index contributed by atoms with van der Waals surface area (Å²) in [4.78, 5) is 0. The fourth-order valence-electron chi connectivity index (χ4n) is 2.67. The molecular weight excluding hydrogens is 214 g/mol. The lowest BCUT2D eigenvalue weighted by molar-refractivity contribution is -0.00244. The molecule has 0 unspecified atom stereocenters. The number of phenols is 1. The molecule has 1 aliphatic carbocycles. The predicted molar refractivity (Wildman–Crippen MR) is 68.1 cm³/mol. The van der Waals surface area contributed by atoms with Crippen LogP contribution in [0.2, 0.25) is 0 Å². The van der Waals surface area contributed by atoms with Crippen LogP contribution in [0.15, 0.2) is 24.3 Å². The third kappa shape index (κ3) is 3.20. The van der Waals surface area contributed by atoms with E-state index in [-0.39, 0.29) is 5.75 Å². The monoisotopic (exact) mass is 235 g/mol. The highest BCUT2D eigenvalue weighted by Gasteiger charge is 2.32. The van der Waals surface area contributed by atoms with Crippen LogP contribution in [0.1, 0.15) is 31.2 Å². The van der Waals surface area contributed by atoms with Crippen LogP contribution in [-0.2, 0) is 6.42 Å². The normalized spacial score (nSPS) is 29.2. The summed E-state index contributed by atoms with van der Waals surface area (Å²) in [5, 5.41) is 23.2. The van der Waals surface area contributed by atoms with Crippen molar-refractivity contribution in [2.45, 2.75) is 43.7 Å². The van der Waals surface area contributed by atoms with Gasteiger partial charge in [0.15, 0.2) is 0 Å². The molecule has 0 heterocycles. The fourth-order valence-corrected chi connectivity index (χ4v) is 2.67. The van der Waals surface area contributed by atoms with E-state index in [1.54, 1.807) is 12.1 Å². The van der Waals surface area contributed by atoms with E-state index in [1.807, 2.05) is 19.2 Å². The third-order valence-corrected chi connectivity index (χ3v) is 3.77. The van der Waals surface area contributed by atoms with Gasteiger partial charge >= 0.3 is 0 Å². The maximum Gasteiger partial charge on any atom is 0.115 e. The summed E-state index contributed by atoms with van der Waals surface area (Å²) in [6.07, 6.45) is 4.33. The van der Waals surface area contributed by atoms with Crippen molar-refractivity contribution in [2.24, 2.45) is 0 Å². The molecule has 1 aromatic carbocycles. The molecule has 2 rings (SSSR count). The Morgan fingerprint density at radius 2 is 2.06 bits per heavy atom. The fraction of sp³-hybridized carbons (Fsp3) is 0.571. The highest BCUT2D eigenvalue weighted by molar-refractivity contribution is 5.28. The minimum absolute atomic E-state index is 0.273. The molecule has 0 aromatic heterocycles. The maximum atomic E-state index is 10.5. The summed E-state index contributed by atoms with van der Waals surface area (Å²) in [7, 11) is 1.98. The minimum Gasteiger partial charge on any atom is -0.508 e. The lowest BCUT2D eigenvalue weighted by Crippen LogP contribution is -2.41. The molecule has 0 saturated heterocycles. The lowest BCUT2D eigenvalue weighted by Gasteiger charge is -2.36. The van der Waals surface area contributed by atoms with Gasteiger partial charge in [-0.2, -0.15) is 0 Å². The Labute approximate surface area is 102 Å². The van der Waals surface area contributed by atoms with Gasteiger partial charge in [-0.15, -0.1) is 0 Å². The van der Waals surface area contributed by atoms with E-state index >= 15 is 0 Å². The van der Waals surface area contributed by atoms with Gasteiger partial charge in [0.05, 0.1) is 5.60 Å². The molecule has 0 atom stereocenters. The zero-order valence-electron chi connectivity index (χ0n) is 10.3. The molecule has 3 heteroatoms. The van der Waals surface area contributed by atoms with Crippen molar-refractivity contribution in [3.8, 4) is 5.75 Å². The molecule has 0 amide bonds. The van der Waals surface area contributed by atoms with Crippen molar-refractivity contribution in [1.82, 2.24) is 5.32 Å². The first kappa shape index (κ1) is 12.4. The van der Waals surface area contributed by atoms with E-state index in [1.165, 1.54) is 0 Å². The number of benzene rings is 1. The Kier molecular flexibility index (Phi) is 3.69. The predicted octanol–water partition coefficient (Wildman–Crippen LogP) is 1.83. The van der Waals surface area contributed by atoms with E-state index in [0.717, 1.165) is 31.2 Å². The molecule has 17 heavy (non-hydrogen) atoms. The van der Waals surface area contributed by atoms with Crippen LogP contribution >= 0.6 is 0 Å². The van der Waals surface area contributed by atoms with Crippen LogP contribution in [0.4, 0.5) is 0 Å². The zero-order valence-corrected chi connectivity index (χ0v) is 10.3. The summed E-state index contributed by atoms with van der Waals surface area (Å²) in [5.74, 6) is 0.273. The summed E-state index contributed by atoms with van der Waals surface area (Å²) < 4.78 is 0. The minimum atomic E-state index is -0.596. The molecule has 1 saturated carbocycles. The third-order valence-electron chi connectivity index (χ3n) is 3.77. The number of nitrogens with one attached hydrogen (secondary N) is 1. The first-order chi connectivity index (χ1) is 8.11. The van der Waals surface area contributed by atoms with Crippen LogP contribution < -0.4 is 5.32 Å². The van der Waals surface area contributed by atoms with Crippen molar-refractivity contribution in [3.05, 3.63) is 29.8 Å². The Morgan fingerprint density at radius 1 is 1.35 bits per heavy atom. The van der Waals surface area contributed by atoms with Crippen molar-refractivity contribution < 1.29 is 10.2 Å². The topological polar surface area (TPSA) is 52.5 Å². The molecular formula is C14H21NO2. The average Bonchev–Trinajstić information content (AvgIpc) is 2.29. The Bertz CT molecular complexity index is 370. The van der Waals surface area contributed by atoms with Gasteiger partial charge in [0.25, 0.3) is 0 Å². The second kappa shape index (κ2) is 5.07. The number of aliphatic hydroxyl groups is 1. The molecule has 0 aliphatic heterocycles. The SMILES string of the molecule is CNC1CCC(O)(Cc2cccc(O)c2)CC1. The second-order valence-electron chi connectivity index (χ2n) is 5.13. The number of rotatable bonds is 3. The second-order valence-corrected chi connectivity index (χ2v) is 5.13. The van der Waals surface area contributed by atoms with Gasteiger partial charge in [0, 0.05) is 12.5 Å². The first-order valence-corrected chi connectivity index (χ1v) is 6.29. The Balaban J connectivity index is 1.99. The number of aromatic hydroxyl groups is 1. The summed E-state index contributed by atoms with van der Waals surface area (Å²) in [5.41, 5.74) is 0.414. The molecule has 1 aromatic rings. The van der Waals surface area contributed by atoms with Crippen molar-refractivity contribution in [3.63, 3.8) is 0 Å². The summed E-state index contributed by atoms with van der Waals surface area (Å²) in [6, 6.07) is 7.72. The highest BCUT2D eigenvalue weighted by Crippen LogP contribution is 2.31. The standard InChI is InChI=1S/C14H21NO2/c1-15-12-5-7-14(17,8-6-12)10-11-3-2-4-13(16)9-11/h2-4,9,12,15-17H,5-8,10H2,1H3. The summed E-state index contributed by atoms with van der Waals surface area (Å²) in [6.45, 7) is 0. The van der Waals surface area contributed by atoms with Gasteiger partial charge in [0.2, 0.25) is 0 Å². The van der Waals surface area contributed by atoms with E-state index in [4.69, 9.17) is 0 Å². The maximum absolute atomic E-state index is 10.5. The molecule has 0 spiro atoms. The van der Waals surface area contributed by atoms with Crippen molar-refractivity contribution >= 4 is 0 Å². The van der Waals surface area contributed by atoms with E-state index in [2.05, 4.69) is 5.32 Å². The van der Waals surface area contributed by atoms with Crippen molar-refractivity contribution in [1.29, 1.82) is 0 Å². The van der Waals surface area contributed by atoms with E-state index < -0.39 is 5.60 Å². The van der Waals surface area contributed by atoms with Gasteiger partial charge in [-0.1, -0.05) is 12.1 Å². The molecule has 94 valence electrons. The molecule has 3 nitrogen and oxygen atoms in total. The highest BCUT2D eigenvalue weighted by atomic mass is 16.3. The van der Waals surface area contributed by atoms with Crippen LogP contribution in [0.25, 0.3) is 0 Å². The molecule has 3 N–H and O–H groups in total. The van der Waals surface area contributed by atoms with E-state index in [0.29, 0.717) is 12.5 Å². The molecule has 1 aliphatic rings. The number of phenolic OH excluding ortho intramolecular Hbond substituents is 1. The van der Waals surface area contributed by atoms with Gasteiger partial charge in [-0.25, -0.2) is 0 Å². The van der Waals surface area contributed by atoms with Gasteiger partial charge < -0.3 is 15.5 Å². The lowest BCUT2D eigenvalue weighted by atomic mass is 9.78. The molecule has 0 radical (unpaired) electrons. The average molecular weight is 235 g/mol. The Hall–Kier alpha value is -1.06. The van der Waals surface area contributed by atoms with E-state index in [9.17, 15) is 10.2 Å². The number of hydrogen-bond acceptors (Lipinski definition) is 3. The van der Waals surface area contributed by atoms with Gasteiger partial charge in [-0.3, -0.25) is 0 Å². The largest absolute Gasteiger partial charge is 0.508 e. The van der Waals surface area contributed by atoms with Crippen LogP contribution in [0, 0.1) is 0 Å². The quantitative estimate of drug-likeness (QED) is 0.749. The van der Waals surface area contributed by atoms with Crippen LogP contribution in [0.5, 0.6) is 5.75 Å². The van der Waals surface area contributed by atoms with Crippen molar-refractivity contribution in [2.75, 3.05) is 7.05 Å². The molecule has 1 fully saturated rings. The number of hydrogen-bond donors (Lipinski definition) is 3. The smallest absolute Gasteiger partial charge is 0.115 e. The zero-order chi connectivity index (χ0) is 12.3. The van der Waals surface area contributed by atoms with Gasteiger partial charge in [-0.05, 0) is 50.4 Å². The summed E-state index contributed by atoms with van der Waals surface area (Å²) >= 11 is 0. The van der Waals surface area contributed by atoms with Crippen LogP contribution in [-0.4, -0.2) is 28.9 Å². The van der Waals surface area contributed by atoms with Gasteiger partial charge in [0.1, 0.15) is 5.75 Å². The molecule has 0 bridgehead atoms. The first-order valence-electron chi connectivity index (χ1n) is 6.29. The van der Waals surface area contributed by atoms with Crippen LogP contribution in [0.3, 0.4) is 0 Å².